The standard InChI is InChI=1S/C21H24ClN3O2.ClH/c1-2-9-23-10-12-24(13-11-23)21(26)25-15-16-5-3-4-6-19(16)27-20-8-7-17(22)14-18(20)25;/h3-8,14H,2,9-13,15H2,1H3;1H. The SMILES string of the molecule is CCCN1CCN(C(=O)N2Cc3ccccc3Oc3ccc(Cl)cc32)CC1.Cl. The predicted molar refractivity (Wildman–Crippen MR) is 115 cm³/mol. The van der Waals surface area contributed by atoms with Crippen molar-refractivity contribution in [3.05, 3.63) is 53.1 Å². The zero-order valence-corrected chi connectivity index (χ0v) is 17.5. The molecule has 2 aliphatic heterocycles. The molecule has 0 aliphatic carbocycles. The molecule has 5 nitrogen and oxygen atoms in total. The average Bonchev–Trinajstić information content (AvgIpc) is 2.85. The Morgan fingerprint density at radius 1 is 1.07 bits per heavy atom. The Bertz CT molecular complexity index is 838. The Kier molecular flexibility index (Phi) is 6.70. The molecule has 2 aromatic carbocycles. The van der Waals surface area contributed by atoms with Crippen molar-refractivity contribution in [3.8, 4) is 11.5 Å². The maximum atomic E-state index is 13.4. The number of piperazine rings is 1. The van der Waals surface area contributed by atoms with E-state index in [-0.39, 0.29) is 18.4 Å². The highest BCUT2D eigenvalue weighted by molar-refractivity contribution is 6.31. The summed E-state index contributed by atoms with van der Waals surface area (Å²) < 4.78 is 6.09. The molecule has 0 unspecified atom stereocenters. The van der Waals surface area contributed by atoms with E-state index in [4.69, 9.17) is 16.3 Å². The quantitative estimate of drug-likeness (QED) is 0.682. The maximum Gasteiger partial charge on any atom is 0.325 e. The highest BCUT2D eigenvalue weighted by Gasteiger charge is 2.30. The molecule has 1 fully saturated rings. The molecule has 28 heavy (non-hydrogen) atoms. The fourth-order valence-corrected chi connectivity index (χ4v) is 3.88. The number of benzene rings is 2. The van der Waals surface area contributed by atoms with Crippen LogP contribution in [0.2, 0.25) is 5.02 Å². The van der Waals surface area contributed by atoms with Gasteiger partial charge in [-0.1, -0.05) is 36.7 Å². The van der Waals surface area contributed by atoms with E-state index in [0.717, 1.165) is 56.1 Å². The fourth-order valence-electron chi connectivity index (χ4n) is 3.72. The van der Waals surface area contributed by atoms with E-state index in [1.54, 1.807) is 11.0 Å². The van der Waals surface area contributed by atoms with Crippen LogP contribution in [0.4, 0.5) is 10.5 Å². The van der Waals surface area contributed by atoms with Crippen molar-refractivity contribution >= 4 is 35.7 Å². The second kappa shape index (κ2) is 9.03. The molecule has 0 radical (unpaired) electrons. The Balaban J connectivity index is 0.00000225. The van der Waals surface area contributed by atoms with E-state index < -0.39 is 0 Å². The van der Waals surface area contributed by atoms with Gasteiger partial charge in [0.2, 0.25) is 0 Å². The summed E-state index contributed by atoms with van der Waals surface area (Å²) in [6, 6.07) is 13.3. The fraction of sp³-hybridized carbons (Fsp3) is 0.381. The Morgan fingerprint density at radius 3 is 2.57 bits per heavy atom. The maximum absolute atomic E-state index is 13.4. The number of urea groups is 1. The lowest BCUT2D eigenvalue weighted by Gasteiger charge is -2.37. The lowest BCUT2D eigenvalue weighted by Crippen LogP contribution is -2.52. The summed E-state index contributed by atoms with van der Waals surface area (Å²) in [5, 5.41) is 0.592. The summed E-state index contributed by atoms with van der Waals surface area (Å²) in [5.41, 5.74) is 1.71. The summed E-state index contributed by atoms with van der Waals surface area (Å²) in [7, 11) is 0. The minimum absolute atomic E-state index is 0. The van der Waals surface area contributed by atoms with Gasteiger partial charge in [-0.2, -0.15) is 0 Å². The molecule has 2 heterocycles. The first kappa shape index (κ1) is 20.8. The molecular weight excluding hydrogens is 397 g/mol. The summed E-state index contributed by atoms with van der Waals surface area (Å²) in [6.45, 7) is 7.07. The van der Waals surface area contributed by atoms with Gasteiger partial charge in [0.25, 0.3) is 0 Å². The normalized spacial score (nSPS) is 16.4. The van der Waals surface area contributed by atoms with Crippen LogP contribution in [-0.2, 0) is 6.54 Å². The van der Waals surface area contributed by atoms with Crippen molar-refractivity contribution in [1.29, 1.82) is 0 Å². The second-order valence-electron chi connectivity index (χ2n) is 7.02. The number of nitrogens with zero attached hydrogens (tertiary/aromatic N) is 3. The van der Waals surface area contributed by atoms with Crippen molar-refractivity contribution < 1.29 is 9.53 Å². The number of anilines is 1. The number of hydrogen-bond acceptors (Lipinski definition) is 3. The van der Waals surface area contributed by atoms with Crippen LogP contribution in [0.15, 0.2) is 42.5 Å². The molecule has 0 atom stereocenters. The van der Waals surface area contributed by atoms with Crippen LogP contribution < -0.4 is 9.64 Å². The van der Waals surface area contributed by atoms with Crippen LogP contribution in [0.25, 0.3) is 0 Å². The van der Waals surface area contributed by atoms with Crippen molar-refractivity contribution in [2.45, 2.75) is 19.9 Å². The molecule has 0 N–H and O–H groups in total. The third-order valence-electron chi connectivity index (χ3n) is 5.15. The number of ether oxygens (including phenoxy) is 1. The van der Waals surface area contributed by atoms with Gasteiger partial charge in [0.1, 0.15) is 5.75 Å². The van der Waals surface area contributed by atoms with Crippen molar-refractivity contribution in [2.24, 2.45) is 0 Å². The molecule has 0 spiro atoms. The molecule has 0 aromatic heterocycles. The minimum atomic E-state index is 0. The number of amides is 2. The van der Waals surface area contributed by atoms with Gasteiger partial charge >= 0.3 is 6.03 Å². The minimum Gasteiger partial charge on any atom is -0.455 e. The molecule has 2 aromatic rings. The molecule has 0 bridgehead atoms. The molecular formula is C21H25Cl2N3O2. The highest BCUT2D eigenvalue weighted by Crippen LogP contribution is 2.40. The lowest BCUT2D eigenvalue weighted by molar-refractivity contribution is 0.143. The number of halogens is 2. The van der Waals surface area contributed by atoms with Gasteiger partial charge in [0.05, 0.1) is 12.2 Å². The average molecular weight is 422 g/mol. The largest absolute Gasteiger partial charge is 0.455 e. The van der Waals surface area contributed by atoms with Crippen molar-refractivity contribution in [3.63, 3.8) is 0 Å². The van der Waals surface area contributed by atoms with Crippen molar-refractivity contribution in [2.75, 3.05) is 37.6 Å². The Hall–Kier alpha value is -1.95. The molecule has 4 rings (SSSR count). The van der Waals surface area contributed by atoms with Crippen LogP contribution in [-0.4, -0.2) is 48.6 Å². The number of fused-ring (bicyclic) bond motifs is 2. The van der Waals surface area contributed by atoms with E-state index in [1.807, 2.05) is 41.3 Å². The molecule has 0 saturated carbocycles. The van der Waals surface area contributed by atoms with E-state index >= 15 is 0 Å². The van der Waals surface area contributed by atoms with E-state index in [2.05, 4.69) is 11.8 Å². The van der Waals surface area contributed by atoms with Gasteiger partial charge in [0, 0.05) is 36.8 Å². The summed E-state index contributed by atoms with van der Waals surface area (Å²) in [6.07, 6.45) is 1.14. The molecule has 2 amide bonds. The van der Waals surface area contributed by atoms with Gasteiger partial charge in [-0.3, -0.25) is 9.80 Å². The topological polar surface area (TPSA) is 36.0 Å². The monoisotopic (exact) mass is 421 g/mol. The van der Waals surface area contributed by atoms with Crippen molar-refractivity contribution in [1.82, 2.24) is 9.80 Å². The predicted octanol–water partition coefficient (Wildman–Crippen LogP) is 5.02. The van der Waals surface area contributed by atoms with Gasteiger partial charge in [-0.15, -0.1) is 12.4 Å². The van der Waals surface area contributed by atoms with Gasteiger partial charge in [0.15, 0.2) is 5.75 Å². The smallest absolute Gasteiger partial charge is 0.325 e. The third-order valence-corrected chi connectivity index (χ3v) is 5.38. The molecule has 150 valence electrons. The van der Waals surface area contributed by atoms with E-state index in [0.29, 0.717) is 17.3 Å². The molecule has 1 saturated heterocycles. The molecule has 2 aliphatic rings. The molecule has 7 heteroatoms. The van der Waals surface area contributed by atoms with Crippen LogP contribution in [0.1, 0.15) is 18.9 Å². The number of para-hydroxylation sites is 1. The summed E-state index contributed by atoms with van der Waals surface area (Å²) >= 11 is 6.24. The van der Waals surface area contributed by atoms with Crippen LogP contribution in [0.3, 0.4) is 0 Å². The van der Waals surface area contributed by atoms with Crippen LogP contribution in [0.5, 0.6) is 11.5 Å². The highest BCUT2D eigenvalue weighted by atomic mass is 35.5. The lowest BCUT2D eigenvalue weighted by atomic mass is 10.2. The zero-order chi connectivity index (χ0) is 18.8. The van der Waals surface area contributed by atoms with Crippen LogP contribution in [0, 0.1) is 0 Å². The van der Waals surface area contributed by atoms with Gasteiger partial charge < -0.3 is 9.64 Å². The third kappa shape index (κ3) is 4.22. The first-order valence-corrected chi connectivity index (χ1v) is 9.87. The summed E-state index contributed by atoms with van der Waals surface area (Å²) in [4.78, 5) is 19.5. The zero-order valence-electron chi connectivity index (χ0n) is 15.9. The number of rotatable bonds is 2. The first-order chi connectivity index (χ1) is 13.2. The van der Waals surface area contributed by atoms with E-state index in [9.17, 15) is 4.79 Å². The number of carbonyl (C=O) groups excluding carboxylic acids is 1. The number of carbonyl (C=O) groups is 1. The second-order valence-corrected chi connectivity index (χ2v) is 7.46. The van der Waals surface area contributed by atoms with Crippen LogP contribution >= 0.6 is 24.0 Å². The summed E-state index contributed by atoms with van der Waals surface area (Å²) in [5.74, 6) is 1.44. The number of hydrogen-bond donors (Lipinski definition) is 0. The van der Waals surface area contributed by atoms with Gasteiger partial charge in [-0.25, -0.2) is 4.79 Å². The van der Waals surface area contributed by atoms with Gasteiger partial charge in [-0.05, 0) is 37.2 Å². The Morgan fingerprint density at radius 2 is 1.82 bits per heavy atom. The van der Waals surface area contributed by atoms with E-state index in [1.165, 1.54) is 0 Å². The first-order valence-electron chi connectivity index (χ1n) is 9.50. The Labute approximate surface area is 177 Å².